The van der Waals surface area contributed by atoms with E-state index >= 15 is 0 Å². The SMILES string of the molecule is C#CC(=O)c1ccc(C(C)=O)s1. The van der Waals surface area contributed by atoms with Crippen molar-refractivity contribution in [2.45, 2.75) is 6.92 Å². The summed E-state index contributed by atoms with van der Waals surface area (Å²) in [5, 5.41) is 0. The molecule has 1 rings (SSSR count). The predicted octanol–water partition coefficient (Wildman–Crippen LogP) is 1.77. The van der Waals surface area contributed by atoms with E-state index in [-0.39, 0.29) is 11.6 Å². The van der Waals surface area contributed by atoms with Crippen molar-refractivity contribution in [2.75, 3.05) is 0 Å². The van der Waals surface area contributed by atoms with Gasteiger partial charge in [-0.2, -0.15) is 0 Å². The second-order valence-corrected chi connectivity index (χ2v) is 3.28. The molecule has 0 spiro atoms. The van der Waals surface area contributed by atoms with E-state index in [1.54, 1.807) is 12.1 Å². The maximum Gasteiger partial charge on any atom is 0.245 e. The highest BCUT2D eigenvalue weighted by atomic mass is 32.1. The van der Waals surface area contributed by atoms with Gasteiger partial charge in [-0.3, -0.25) is 9.59 Å². The van der Waals surface area contributed by atoms with E-state index in [1.807, 2.05) is 5.92 Å². The van der Waals surface area contributed by atoms with Gasteiger partial charge in [0.2, 0.25) is 5.78 Å². The van der Waals surface area contributed by atoms with Crippen LogP contribution in [0.1, 0.15) is 26.3 Å². The topological polar surface area (TPSA) is 34.1 Å². The molecule has 2 nitrogen and oxygen atoms in total. The summed E-state index contributed by atoms with van der Waals surface area (Å²) in [6.07, 6.45) is 4.91. The van der Waals surface area contributed by atoms with Gasteiger partial charge in [-0.25, -0.2) is 0 Å². The van der Waals surface area contributed by atoms with Crippen LogP contribution in [0.15, 0.2) is 12.1 Å². The third-order valence-electron chi connectivity index (χ3n) is 1.31. The van der Waals surface area contributed by atoms with E-state index in [0.29, 0.717) is 9.75 Å². The molecule has 0 atom stereocenters. The Kier molecular flexibility index (Phi) is 2.41. The Morgan fingerprint density at radius 2 is 2.00 bits per heavy atom. The van der Waals surface area contributed by atoms with E-state index in [9.17, 15) is 9.59 Å². The van der Waals surface area contributed by atoms with Gasteiger partial charge in [0.15, 0.2) is 5.78 Å². The Hall–Kier alpha value is -1.40. The molecule has 0 unspecified atom stereocenters. The normalized spacial score (nSPS) is 9.00. The minimum atomic E-state index is -0.368. The zero-order chi connectivity index (χ0) is 9.14. The fourth-order valence-corrected chi connectivity index (χ4v) is 1.52. The quantitative estimate of drug-likeness (QED) is 0.393. The summed E-state index contributed by atoms with van der Waals surface area (Å²) in [6.45, 7) is 1.45. The van der Waals surface area contributed by atoms with Gasteiger partial charge in [0.1, 0.15) is 0 Å². The Balaban J connectivity index is 3.01. The molecular weight excluding hydrogens is 172 g/mol. The Morgan fingerprint density at radius 1 is 1.42 bits per heavy atom. The van der Waals surface area contributed by atoms with Crippen molar-refractivity contribution >= 4 is 22.9 Å². The lowest BCUT2D eigenvalue weighted by Gasteiger charge is -1.84. The first-order chi connectivity index (χ1) is 5.65. The van der Waals surface area contributed by atoms with E-state index in [0.717, 1.165) is 11.3 Å². The number of carbonyl (C=O) groups is 2. The van der Waals surface area contributed by atoms with Gasteiger partial charge in [-0.05, 0) is 25.0 Å². The van der Waals surface area contributed by atoms with Crippen LogP contribution in [0.3, 0.4) is 0 Å². The van der Waals surface area contributed by atoms with Gasteiger partial charge < -0.3 is 0 Å². The lowest BCUT2D eigenvalue weighted by atomic mass is 10.3. The lowest BCUT2D eigenvalue weighted by molar-refractivity contribution is 0.102. The van der Waals surface area contributed by atoms with Crippen LogP contribution in [-0.2, 0) is 0 Å². The zero-order valence-corrected chi connectivity index (χ0v) is 7.27. The molecular formula is C9H6O2S. The molecule has 0 saturated carbocycles. The van der Waals surface area contributed by atoms with Crippen LogP contribution in [0.5, 0.6) is 0 Å². The van der Waals surface area contributed by atoms with Crippen LogP contribution in [-0.4, -0.2) is 11.6 Å². The van der Waals surface area contributed by atoms with Gasteiger partial charge in [-0.1, -0.05) is 0 Å². The molecule has 0 aliphatic carbocycles. The van der Waals surface area contributed by atoms with Gasteiger partial charge in [0.05, 0.1) is 9.75 Å². The molecule has 3 heteroatoms. The number of terminal acetylenes is 1. The number of hydrogen-bond acceptors (Lipinski definition) is 3. The molecule has 0 fully saturated rings. The highest BCUT2D eigenvalue weighted by Crippen LogP contribution is 2.16. The molecule has 0 saturated heterocycles. The van der Waals surface area contributed by atoms with Crippen molar-refractivity contribution in [1.82, 2.24) is 0 Å². The summed E-state index contributed by atoms with van der Waals surface area (Å²) < 4.78 is 0. The maximum absolute atomic E-state index is 10.9. The molecule has 1 aromatic heterocycles. The van der Waals surface area contributed by atoms with Crippen LogP contribution in [0.25, 0.3) is 0 Å². The molecule has 0 amide bonds. The highest BCUT2D eigenvalue weighted by Gasteiger charge is 2.08. The molecule has 0 aliphatic heterocycles. The number of rotatable bonds is 2. The average Bonchev–Trinajstić information content (AvgIpc) is 2.51. The average molecular weight is 178 g/mol. The molecule has 0 aliphatic rings. The first-order valence-electron chi connectivity index (χ1n) is 3.27. The van der Waals surface area contributed by atoms with E-state index in [4.69, 9.17) is 6.42 Å². The Labute approximate surface area is 74.2 Å². The number of Topliss-reactive ketones (excluding diaryl/α,β-unsaturated/α-hetero) is 2. The van der Waals surface area contributed by atoms with Gasteiger partial charge >= 0.3 is 0 Å². The molecule has 60 valence electrons. The monoisotopic (exact) mass is 178 g/mol. The summed E-state index contributed by atoms with van der Waals surface area (Å²) in [7, 11) is 0. The summed E-state index contributed by atoms with van der Waals surface area (Å²) in [4.78, 5) is 22.7. The fraction of sp³-hybridized carbons (Fsp3) is 0.111. The summed E-state index contributed by atoms with van der Waals surface area (Å²) >= 11 is 1.13. The van der Waals surface area contributed by atoms with E-state index < -0.39 is 0 Å². The first-order valence-corrected chi connectivity index (χ1v) is 4.08. The lowest BCUT2D eigenvalue weighted by Crippen LogP contribution is -1.88. The van der Waals surface area contributed by atoms with Crippen molar-refractivity contribution in [1.29, 1.82) is 0 Å². The summed E-state index contributed by atoms with van der Waals surface area (Å²) in [5.74, 6) is 1.58. The maximum atomic E-state index is 10.9. The van der Waals surface area contributed by atoms with Crippen LogP contribution in [0.2, 0.25) is 0 Å². The highest BCUT2D eigenvalue weighted by molar-refractivity contribution is 7.16. The molecule has 0 aromatic carbocycles. The van der Waals surface area contributed by atoms with Crippen LogP contribution in [0, 0.1) is 12.3 Å². The minimum absolute atomic E-state index is 0.0453. The van der Waals surface area contributed by atoms with Crippen LogP contribution < -0.4 is 0 Å². The molecule has 0 bridgehead atoms. The van der Waals surface area contributed by atoms with Crippen molar-refractivity contribution in [2.24, 2.45) is 0 Å². The fourth-order valence-electron chi connectivity index (χ4n) is 0.720. The smallest absolute Gasteiger partial charge is 0.245 e. The predicted molar refractivity (Wildman–Crippen MR) is 47.5 cm³/mol. The summed E-state index contributed by atoms with van der Waals surface area (Å²) in [6, 6.07) is 3.18. The second kappa shape index (κ2) is 3.33. The molecule has 0 N–H and O–H groups in total. The zero-order valence-electron chi connectivity index (χ0n) is 6.46. The van der Waals surface area contributed by atoms with Gasteiger partial charge in [-0.15, -0.1) is 17.8 Å². The van der Waals surface area contributed by atoms with Gasteiger partial charge in [0.25, 0.3) is 0 Å². The third-order valence-corrected chi connectivity index (χ3v) is 2.49. The van der Waals surface area contributed by atoms with Crippen LogP contribution >= 0.6 is 11.3 Å². The van der Waals surface area contributed by atoms with E-state index in [2.05, 4.69) is 0 Å². The second-order valence-electron chi connectivity index (χ2n) is 2.19. The Bertz CT molecular complexity index is 368. The van der Waals surface area contributed by atoms with E-state index in [1.165, 1.54) is 6.92 Å². The molecule has 12 heavy (non-hydrogen) atoms. The minimum Gasteiger partial charge on any atom is -0.294 e. The molecule has 1 aromatic rings. The number of carbonyl (C=O) groups excluding carboxylic acids is 2. The third kappa shape index (κ3) is 1.60. The van der Waals surface area contributed by atoms with Crippen LogP contribution in [0.4, 0.5) is 0 Å². The van der Waals surface area contributed by atoms with Crippen molar-refractivity contribution in [3.8, 4) is 12.3 Å². The van der Waals surface area contributed by atoms with Crippen molar-refractivity contribution < 1.29 is 9.59 Å². The first kappa shape index (κ1) is 8.69. The molecule has 1 heterocycles. The largest absolute Gasteiger partial charge is 0.294 e. The summed E-state index contributed by atoms with van der Waals surface area (Å²) in [5.41, 5.74) is 0. The van der Waals surface area contributed by atoms with Crippen molar-refractivity contribution in [3.63, 3.8) is 0 Å². The van der Waals surface area contributed by atoms with Crippen molar-refractivity contribution in [3.05, 3.63) is 21.9 Å². The van der Waals surface area contributed by atoms with Gasteiger partial charge in [0, 0.05) is 0 Å². The number of hydrogen-bond donors (Lipinski definition) is 0. The number of thiophene rings is 1. The number of ketones is 2. The molecule has 0 radical (unpaired) electrons. The standard InChI is InChI=1S/C9H6O2S/c1-3-7(11)9-5-4-8(12-9)6(2)10/h1,4-5H,2H3. The Morgan fingerprint density at radius 3 is 2.42 bits per heavy atom.